The molecule has 0 rings (SSSR count). The van der Waals surface area contributed by atoms with E-state index in [1.54, 1.807) is 9.81 Å². The zero-order chi connectivity index (χ0) is 11.0. The highest BCUT2D eigenvalue weighted by Gasteiger charge is 2.22. The maximum Gasteiger partial charge on any atom is 0.141 e. The molecule has 0 N–H and O–H groups in total. The normalized spacial score (nSPS) is 13.3. The summed E-state index contributed by atoms with van der Waals surface area (Å²) in [7, 11) is 0.551. The van der Waals surface area contributed by atoms with Crippen LogP contribution in [0, 0.1) is 0 Å². The van der Waals surface area contributed by atoms with Gasteiger partial charge in [-0.25, -0.2) is 0 Å². The van der Waals surface area contributed by atoms with Crippen molar-refractivity contribution in [2.75, 3.05) is 17.3 Å². The van der Waals surface area contributed by atoms with Crippen LogP contribution in [0.1, 0.15) is 47.5 Å². The second-order valence-corrected chi connectivity index (χ2v) is 7.05. The third-order valence-electron chi connectivity index (χ3n) is 2.32. The number of hydrogen-bond donors (Lipinski definition) is 0. The number of hydrogen-bond acceptors (Lipinski definition) is 1. The summed E-state index contributed by atoms with van der Waals surface area (Å²) in [5.74, 6) is 3.87. The fourth-order valence-corrected chi connectivity index (χ4v) is 5.04. The van der Waals surface area contributed by atoms with Crippen molar-refractivity contribution in [1.29, 1.82) is 0 Å². The summed E-state index contributed by atoms with van der Waals surface area (Å²) in [6, 6.07) is 0. The van der Waals surface area contributed by atoms with Gasteiger partial charge in [-0.1, -0.05) is 20.8 Å². The molecular formula is C12H25S2+. The van der Waals surface area contributed by atoms with Gasteiger partial charge in [0.25, 0.3) is 0 Å². The van der Waals surface area contributed by atoms with Gasteiger partial charge < -0.3 is 0 Å². The first-order valence-electron chi connectivity index (χ1n) is 5.77. The minimum Gasteiger partial charge on any atom is -0.126 e. The van der Waals surface area contributed by atoms with Gasteiger partial charge >= 0.3 is 0 Å². The molecule has 0 nitrogen and oxygen atoms in total. The highest BCUT2D eigenvalue weighted by Crippen LogP contribution is 2.29. The second-order valence-electron chi connectivity index (χ2n) is 3.06. The lowest BCUT2D eigenvalue weighted by atomic mass is 10.3. The first kappa shape index (κ1) is 14.4. The molecule has 0 aliphatic heterocycles. The largest absolute Gasteiger partial charge is 0.141 e. The monoisotopic (exact) mass is 233 g/mol. The van der Waals surface area contributed by atoms with Gasteiger partial charge in [-0.2, -0.15) is 0 Å². The lowest BCUT2D eigenvalue weighted by Gasteiger charge is -2.11. The van der Waals surface area contributed by atoms with E-state index in [9.17, 15) is 0 Å². The molecule has 0 bridgehead atoms. The van der Waals surface area contributed by atoms with E-state index >= 15 is 0 Å². The van der Waals surface area contributed by atoms with Gasteiger partial charge in [0.15, 0.2) is 0 Å². The van der Waals surface area contributed by atoms with Crippen molar-refractivity contribution >= 4 is 22.7 Å². The molecule has 84 valence electrons. The second kappa shape index (κ2) is 8.72. The molecule has 0 spiro atoms. The first-order chi connectivity index (χ1) is 6.74. The van der Waals surface area contributed by atoms with E-state index < -0.39 is 0 Å². The lowest BCUT2D eigenvalue weighted by Crippen LogP contribution is -2.12. The molecule has 0 unspecified atom stereocenters. The Morgan fingerprint density at radius 2 is 1.50 bits per heavy atom. The summed E-state index contributed by atoms with van der Waals surface area (Å²) in [6.07, 6.45) is 2.48. The molecule has 0 amide bonds. The van der Waals surface area contributed by atoms with Crippen molar-refractivity contribution in [3.63, 3.8) is 0 Å². The van der Waals surface area contributed by atoms with Crippen LogP contribution < -0.4 is 0 Å². The van der Waals surface area contributed by atoms with Crippen LogP contribution in [0.25, 0.3) is 0 Å². The Morgan fingerprint density at radius 3 is 1.79 bits per heavy atom. The first-order valence-corrected chi connectivity index (χ1v) is 8.32. The molecule has 0 radical (unpaired) electrons. The molecule has 0 aliphatic carbocycles. The molecule has 0 heterocycles. The SMILES string of the molecule is CCS/C(CC)=C(/CC)[S+](CC)CC. The quantitative estimate of drug-likeness (QED) is 0.586. The smallest absolute Gasteiger partial charge is 0.126 e. The van der Waals surface area contributed by atoms with Crippen LogP contribution in [0.3, 0.4) is 0 Å². The number of allylic oxidation sites excluding steroid dienone is 2. The number of thioether (sulfide) groups is 1. The van der Waals surface area contributed by atoms with E-state index in [2.05, 4.69) is 46.4 Å². The average molecular weight is 233 g/mol. The van der Waals surface area contributed by atoms with Crippen LogP contribution in [-0.2, 0) is 10.9 Å². The van der Waals surface area contributed by atoms with E-state index in [0.29, 0.717) is 10.9 Å². The van der Waals surface area contributed by atoms with E-state index in [4.69, 9.17) is 0 Å². The molecular weight excluding hydrogens is 208 g/mol. The Morgan fingerprint density at radius 1 is 0.929 bits per heavy atom. The Balaban J connectivity index is 4.74. The standard InChI is InChI=1S/C12H25S2/c1-6-11(13-8-3)12(7-2)14(9-4)10-5/h6-10H2,1-5H3/q+1/b12-11-. The Labute approximate surface area is 97.3 Å². The van der Waals surface area contributed by atoms with Crippen LogP contribution in [0.2, 0.25) is 0 Å². The van der Waals surface area contributed by atoms with E-state index in [0.717, 1.165) is 0 Å². The summed E-state index contributed by atoms with van der Waals surface area (Å²) < 4.78 is 0. The van der Waals surface area contributed by atoms with E-state index in [-0.39, 0.29) is 0 Å². The predicted molar refractivity (Wildman–Crippen MR) is 74.2 cm³/mol. The van der Waals surface area contributed by atoms with Gasteiger partial charge in [-0.05, 0) is 26.0 Å². The van der Waals surface area contributed by atoms with Crippen molar-refractivity contribution in [2.45, 2.75) is 47.5 Å². The maximum atomic E-state index is 2.33. The van der Waals surface area contributed by atoms with Crippen LogP contribution in [-0.4, -0.2) is 17.3 Å². The fourth-order valence-electron chi connectivity index (χ4n) is 1.67. The summed E-state index contributed by atoms with van der Waals surface area (Å²) in [5, 5.41) is 0. The van der Waals surface area contributed by atoms with Gasteiger partial charge in [-0.3, -0.25) is 0 Å². The third kappa shape index (κ3) is 4.31. The van der Waals surface area contributed by atoms with Gasteiger partial charge in [0.1, 0.15) is 16.4 Å². The molecule has 0 fully saturated rings. The zero-order valence-electron chi connectivity index (χ0n) is 10.4. The van der Waals surface area contributed by atoms with Gasteiger partial charge in [0, 0.05) is 22.2 Å². The van der Waals surface area contributed by atoms with Crippen molar-refractivity contribution in [1.82, 2.24) is 0 Å². The van der Waals surface area contributed by atoms with Crippen molar-refractivity contribution in [2.24, 2.45) is 0 Å². The molecule has 0 saturated heterocycles. The highest BCUT2D eigenvalue weighted by atomic mass is 32.2. The Kier molecular flexibility index (Phi) is 9.00. The Bertz CT molecular complexity index is 169. The van der Waals surface area contributed by atoms with Crippen LogP contribution in [0.5, 0.6) is 0 Å². The lowest BCUT2D eigenvalue weighted by molar-refractivity contribution is 1.11. The van der Waals surface area contributed by atoms with Crippen LogP contribution in [0.4, 0.5) is 0 Å². The highest BCUT2D eigenvalue weighted by molar-refractivity contribution is 8.05. The maximum absolute atomic E-state index is 2.33. The molecule has 0 saturated carbocycles. The van der Waals surface area contributed by atoms with E-state index in [1.807, 2.05) is 0 Å². The van der Waals surface area contributed by atoms with Crippen LogP contribution >= 0.6 is 11.8 Å². The number of rotatable bonds is 7. The van der Waals surface area contributed by atoms with Crippen LogP contribution in [0.15, 0.2) is 9.81 Å². The Hall–Kier alpha value is 0.440. The predicted octanol–water partition coefficient (Wildman–Crippen LogP) is 4.43. The average Bonchev–Trinajstić information content (AvgIpc) is 2.23. The summed E-state index contributed by atoms with van der Waals surface area (Å²) >= 11 is 2.05. The summed E-state index contributed by atoms with van der Waals surface area (Å²) in [5.41, 5.74) is 0. The van der Waals surface area contributed by atoms with Crippen molar-refractivity contribution in [3.05, 3.63) is 9.81 Å². The molecule has 0 aromatic carbocycles. The molecule has 0 aliphatic rings. The van der Waals surface area contributed by atoms with Gasteiger partial charge in [0.2, 0.25) is 0 Å². The van der Waals surface area contributed by atoms with Gasteiger partial charge in [-0.15, -0.1) is 11.8 Å². The molecule has 2 heteroatoms. The molecule has 0 aromatic heterocycles. The minimum atomic E-state index is 0.551. The molecule has 0 aromatic rings. The summed E-state index contributed by atoms with van der Waals surface area (Å²) in [4.78, 5) is 3.42. The zero-order valence-corrected chi connectivity index (χ0v) is 12.0. The molecule has 0 atom stereocenters. The minimum absolute atomic E-state index is 0.551. The third-order valence-corrected chi connectivity index (χ3v) is 6.24. The van der Waals surface area contributed by atoms with Crippen molar-refractivity contribution < 1.29 is 0 Å². The fraction of sp³-hybridized carbons (Fsp3) is 0.833. The van der Waals surface area contributed by atoms with Crippen molar-refractivity contribution in [3.8, 4) is 0 Å². The summed E-state index contributed by atoms with van der Waals surface area (Å²) in [6.45, 7) is 11.5. The van der Waals surface area contributed by atoms with Gasteiger partial charge in [0.05, 0.1) is 0 Å². The van der Waals surface area contributed by atoms with E-state index in [1.165, 1.54) is 30.1 Å². The molecule has 14 heavy (non-hydrogen) atoms. The topological polar surface area (TPSA) is 0 Å².